The molecule has 6 heteroatoms. The first-order chi connectivity index (χ1) is 11.5. The summed E-state index contributed by atoms with van der Waals surface area (Å²) in [6.45, 7) is 5.27. The summed E-state index contributed by atoms with van der Waals surface area (Å²) in [7, 11) is 0. The minimum Gasteiger partial charge on any atom is -0.387 e. The van der Waals surface area contributed by atoms with Gasteiger partial charge in [0.2, 0.25) is 0 Å². The largest absolute Gasteiger partial charge is 0.387 e. The second-order valence-electron chi connectivity index (χ2n) is 6.07. The summed E-state index contributed by atoms with van der Waals surface area (Å²) >= 11 is 1.52. The average Bonchev–Trinajstić information content (AvgIpc) is 3.02. The molecule has 0 aliphatic carbocycles. The topological polar surface area (TPSA) is 43.8 Å². The molecular weight excluding hydrogens is 327 g/mol. The van der Waals surface area contributed by atoms with Crippen LogP contribution in [0.25, 0.3) is 0 Å². The number of amides is 1. The fourth-order valence-corrected chi connectivity index (χ4v) is 3.71. The molecule has 1 amide bonds. The first-order valence-electron chi connectivity index (χ1n) is 8.04. The van der Waals surface area contributed by atoms with Crippen LogP contribution in [0.4, 0.5) is 4.39 Å². The van der Waals surface area contributed by atoms with Crippen LogP contribution in [0.5, 0.6) is 0 Å². The van der Waals surface area contributed by atoms with Gasteiger partial charge in [-0.2, -0.15) is 0 Å². The van der Waals surface area contributed by atoms with Crippen LogP contribution < -0.4 is 0 Å². The lowest BCUT2D eigenvalue weighted by Crippen LogP contribution is -2.49. The lowest BCUT2D eigenvalue weighted by atomic mass is 10.1. The number of benzene rings is 1. The Kier molecular flexibility index (Phi) is 5.28. The van der Waals surface area contributed by atoms with Crippen molar-refractivity contribution in [1.29, 1.82) is 0 Å². The SMILES string of the molecule is Cc1ccc(C(=O)N2CCN(C[C@@H](O)c3ccc(F)cc3)CC2)s1. The Morgan fingerprint density at radius 2 is 1.83 bits per heavy atom. The van der Waals surface area contributed by atoms with Crippen LogP contribution >= 0.6 is 11.3 Å². The van der Waals surface area contributed by atoms with Gasteiger partial charge in [-0.15, -0.1) is 11.3 Å². The molecular formula is C18H21FN2O2S. The fraction of sp³-hybridized carbons (Fsp3) is 0.389. The Hall–Kier alpha value is -1.76. The van der Waals surface area contributed by atoms with Gasteiger partial charge in [0.15, 0.2) is 0 Å². The summed E-state index contributed by atoms with van der Waals surface area (Å²) in [6.07, 6.45) is -0.646. The number of piperazine rings is 1. The van der Waals surface area contributed by atoms with Crippen LogP contribution in [0.3, 0.4) is 0 Å². The van der Waals surface area contributed by atoms with Crippen molar-refractivity contribution < 1.29 is 14.3 Å². The van der Waals surface area contributed by atoms with Gasteiger partial charge in [0, 0.05) is 37.6 Å². The maximum absolute atomic E-state index is 12.9. The predicted octanol–water partition coefficient (Wildman–Crippen LogP) is 2.69. The van der Waals surface area contributed by atoms with Crippen molar-refractivity contribution in [2.75, 3.05) is 32.7 Å². The third-order valence-corrected chi connectivity index (χ3v) is 5.29. The average molecular weight is 348 g/mol. The van der Waals surface area contributed by atoms with E-state index in [1.807, 2.05) is 24.0 Å². The molecule has 0 radical (unpaired) electrons. The van der Waals surface area contributed by atoms with Crippen molar-refractivity contribution in [2.45, 2.75) is 13.0 Å². The maximum Gasteiger partial charge on any atom is 0.264 e. The Bertz CT molecular complexity index is 693. The molecule has 2 heterocycles. The first kappa shape index (κ1) is 17.1. The van der Waals surface area contributed by atoms with Crippen molar-refractivity contribution in [2.24, 2.45) is 0 Å². The molecule has 2 aromatic rings. The molecule has 0 saturated carbocycles. The molecule has 1 aliphatic heterocycles. The molecule has 1 atom stereocenters. The number of aryl methyl sites for hydroxylation is 1. The number of nitrogens with zero attached hydrogens (tertiary/aromatic N) is 2. The summed E-state index contributed by atoms with van der Waals surface area (Å²) in [6, 6.07) is 9.79. The van der Waals surface area contributed by atoms with Gasteiger partial charge in [-0.05, 0) is 36.8 Å². The minimum atomic E-state index is -0.646. The second kappa shape index (κ2) is 7.42. The quantitative estimate of drug-likeness (QED) is 0.924. The number of β-amino-alcohol motifs (C(OH)–C–C–N with tert-alkyl or cyclic N) is 1. The van der Waals surface area contributed by atoms with E-state index in [0.29, 0.717) is 25.2 Å². The van der Waals surface area contributed by atoms with E-state index in [0.717, 1.165) is 22.8 Å². The summed E-state index contributed by atoms with van der Waals surface area (Å²) in [5.74, 6) is -0.214. The highest BCUT2D eigenvalue weighted by atomic mass is 32.1. The van der Waals surface area contributed by atoms with Crippen LogP contribution in [0.15, 0.2) is 36.4 Å². The Morgan fingerprint density at radius 1 is 1.17 bits per heavy atom. The summed E-state index contributed by atoms with van der Waals surface area (Å²) in [5, 5.41) is 10.3. The van der Waals surface area contributed by atoms with Crippen molar-refractivity contribution in [1.82, 2.24) is 9.80 Å². The molecule has 1 saturated heterocycles. The Morgan fingerprint density at radius 3 is 2.42 bits per heavy atom. The van der Waals surface area contributed by atoms with E-state index in [4.69, 9.17) is 0 Å². The van der Waals surface area contributed by atoms with Gasteiger partial charge < -0.3 is 10.0 Å². The zero-order valence-corrected chi connectivity index (χ0v) is 14.4. The molecule has 1 aliphatic rings. The van der Waals surface area contributed by atoms with E-state index in [1.54, 1.807) is 12.1 Å². The van der Waals surface area contributed by atoms with Gasteiger partial charge in [-0.3, -0.25) is 9.69 Å². The zero-order chi connectivity index (χ0) is 17.1. The number of halogens is 1. The standard InChI is InChI=1S/C18H21FN2O2S/c1-13-2-7-17(24-13)18(23)21-10-8-20(9-11-21)12-16(22)14-3-5-15(19)6-4-14/h2-7,16,22H,8-12H2,1H3/t16-/m1/s1. The van der Waals surface area contributed by atoms with E-state index in [1.165, 1.54) is 23.5 Å². The second-order valence-corrected chi connectivity index (χ2v) is 7.36. The van der Waals surface area contributed by atoms with Crippen LogP contribution in [0, 0.1) is 12.7 Å². The van der Waals surface area contributed by atoms with E-state index < -0.39 is 6.10 Å². The summed E-state index contributed by atoms with van der Waals surface area (Å²) in [5.41, 5.74) is 0.712. The van der Waals surface area contributed by atoms with Crippen LogP contribution in [0.2, 0.25) is 0 Å². The van der Waals surface area contributed by atoms with Gasteiger partial charge in [0.05, 0.1) is 11.0 Å². The number of aliphatic hydroxyl groups excluding tert-OH is 1. The molecule has 0 bridgehead atoms. The number of carbonyl (C=O) groups is 1. The molecule has 4 nitrogen and oxygen atoms in total. The number of hydrogen-bond donors (Lipinski definition) is 1. The zero-order valence-electron chi connectivity index (χ0n) is 13.6. The van der Waals surface area contributed by atoms with Gasteiger partial charge in [0.1, 0.15) is 5.82 Å². The number of thiophene rings is 1. The number of hydrogen-bond acceptors (Lipinski definition) is 4. The third-order valence-electron chi connectivity index (χ3n) is 4.30. The van der Waals surface area contributed by atoms with Gasteiger partial charge >= 0.3 is 0 Å². The molecule has 1 aromatic carbocycles. The van der Waals surface area contributed by atoms with Crippen molar-refractivity contribution in [3.8, 4) is 0 Å². The van der Waals surface area contributed by atoms with Crippen LogP contribution in [-0.4, -0.2) is 53.5 Å². The van der Waals surface area contributed by atoms with E-state index in [2.05, 4.69) is 4.90 Å². The summed E-state index contributed by atoms with van der Waals surface area (Å²) < 4.78 is 12.9. The molecule has 1 fully saturated rings. The van der Waals surface area contributed by atoms with Crippen molar-refractivity contribution >= 4 is 17.2 Å². The van der Waals surface area contributed by atoms with Gasteiger partial charge in [-0.25, -0.2) is 4.39 Å². The third kappa shape index (κ3) is 4.01. The summed E-state index contributed by atoms with van der Waals surface area (Å²) in [4.78, 5) is 18.4. The Balaban J connectivity index is 1.51. The molecule has 3 rings (SSSR count). The first-order valence-corrected chi connectivity index (χ1v) is 8.86. The molecule has 0 spiro atoms. The van der Waals surface area contributed by atoms with Gasteiger partial charge in [-0.1, -0.05) is 12.1 Å². The molecule has 128 valence electrons. The lowest BCUT2D eigenvalue weighted by Gasteiger charge is -2.35. The van der Waals surface area contributed by atoms with Gasteiger partial charge in [0.25, 0.3) is 5.91 Å². The van der Waals surface area contributed by atoms with Crippen molar-refractivity contribution in [3.63, 3.8) is 0 Å². The van der Waals surface area contributed by atoms with Crippen LogP contribution in [0.1, 0.15) is 26.2 Å². The van der Waals surface area contributed by atoms with E-state index >= 15 is 0 Å². The van der Waals surface area contributed by atoms with Crippen molar-refractivity contribution in [3.05, 3.63) is 57.5 Å². The fourth-order valence-electron chi connectivity index (χ4n) is 2.87. The number of aliphatic hydroxyl groups is 1. The molecule has 1 aromatic heterocycles. The normalized spacial score (nSPS) is 17.0. The number of rotatable bonds is 4. The number of carbonyl (C=O) groups excluding carboxylic acids is 1. The molecule has 1 N–H and O–H groups in total. The van der Waals surface area contributed by atoms with Crippen LogP contribution in [-0.2, 0) is 0 Å². The lowest BCUT2D eigenvalue weighted by molar-refractivity contribution is 0.0531. The molecule has 0 unspecified atom stereocenters. The highest BCUT2D eigenvalue weighted by Crippen LogP contribution is 2.19. The minimum absolute atomic E-state index is 0.0897. The smallest absolute Gasteiger partial charge is 0.264 e. The highest BCUT2D eigenvalue weighted by Gasteiger charge is 2.24. The highest BCUT2D eigenvalue weighted by molar-refractivity contribution is 7.13. The maximum atomic E-state index is 12.9. The Labute approximate surface area is 145 Å². The predicted molar refractivity (Wildman–Crippen MR) is 92.8 cm³/mol. The van der Waals surface area contributed by atoms with E-state index in [-0.39, 0.29) is 11.7 Å². The monoisotopic (exact) mass is 348 g/mol. The van der Waals surface area contributed by atoms with E-state index in [9.17, 15) is 14.3 Å². The molecule has 24 heavy (non-hydrogen) atoms.